The summed E-state index contributed by atoms with van der Waals surface area (Å²) >= 11 is 0. The molecule has 0 aliphatic carbocycles. The van der Waals surface area contributed by atoms with E-state index in [0.717, 1.165) is 80.2 Å². The fraction of sp³-hybridized carbons (Fsp3) is 0.617. The molecule has 0 radical (unpaired) electrons. The number of piperidine rings is 3. The summed E-state index contributed by atoms with van der Waals surface area (Å²) in [4.78, 5) is 86.1. The molecular formula is C47H64N6O9. The van der Waals surface area contributed by atoms with Crippen LogP contribution in [0.15, 0.2) is 45.6 Å². The number of carbonyl (C=O) groups is 5. The lowest BCUT2D eigenvalue weighted by molar-refractivity contribution is -0.146. The van der Waals surface area contributed by atoms with Crippen LogP contribution >= 0.6 is 0 Å². The Labute approximate surface area is 364 Å². The topological polar surface area (TPSA) is 164 Å². The number of ether oxygens (including phenoxy) is 2. The molecule has 4 aliphatic rings. The molecule has 4 aliphatic heterocycles. The molecule has 7 rings (SSSR count). The number of likely N-dealkylation sites (tertiary alicyclic amines) is 3. The Morgan fingerprint density at radius 1 is 0.823 bits per heavy atom. The van der Waals surface area contributed by atoms with Crippen LogP contribution in [0.5, 0.6) is 0 Å². The first-order valence-corrected chi connectivity index (χ1v) is 22.9. The first-order valence-electron chi connectivity index (χ1n) is 22.9. The van der Waals surface area contributed by atoms with Crippen molar-refractivity contribution in [1.82, 2.24) is 24.2 Å². The van der Waals surface area contributed by atoms with Crippen LogP contribution in [0.1, 0.15) is 101 Å². The fourth-order valence-corrected chi connectivity index (χ4v) is 9.96. The van der Waals surface area contributed by atoms with Crippen LogP contribution in [0, 0.1) is 18.8 Å². The molecule has 0 spiro atoms. The van der Waals surface area contributed by atoms with Crippen LogP contribution in [0.3, 0.4) is 0 Å². The molecule has 1 atom stereocenters. The number of carbonyl (C=O) groups excluding carboxylic acids is 5. The summed E-state index contributed by atoms with van der Waals surface area (Å²) in [5, 5.41) is 3.05. The zero-order valence-corrected chi connectivity index (χ0v) is 36.7. The highest BCUT2D eigenvalue weighted by Crippen LogP contribution is 2.34. The first-order chi connectivity index (χ1) is 30.0. The number of nitrogens with one attached hydrogen (secondary N) is 1. The maximum absolute atomic E-state index is 14.4. The van der Waals surface area contributed by atoms with Gasteiger partial charge in [-0.3, -0.25) is 19.0 Å². The molecule has 0 bridgehead atoms. The van der Waals surface area contributed by atoms with Crippen molar-refractivity contribution in [3.8, 4) is 0 Å². The van der Waals surface area contributed by atoms with Crippen molar-refractivity contribution in [3.63, 3.8) is 0 Å². The zero-order valence-electron chi connectivity index (χ0n) is 36.7. The smallest absolute Gasteiger partial charge is 0.419 e. The summed E-state index contributed by atoms with van der Waals surface area (Å²) in [5.41, 5.74) is 4.56. The van der Waals surface area contributed by atoms with E-state index in [9.17, 15) is 28.8 Å². The number of para-hydroxylation sites is 1. The van der Waals surface area contributed by atoms with Gasteiger partial charge in [0, 0.05) is 77.4 Å². The van der Waals surface area contributed by atoms with Crippen molar-refractivity contribution in [2.45, 2.75) is 116 Å². The second kappa shape index (κ2) is 20.7. The predicted octanol–water partition coefficient (Wildman–Crippen LogP) is 6.42. The monoisotopic (exact) mass is 856 g/mol. The SMILES string of the molecule is CCCCCCOC(=O)CCC(=O)N1CCC(C2CCN(C(=O)[C@@H](Cc3cc(C)c4c(c3)oc(=O)n4C)OC(=O)N3CCC(N4CCc5ccccc5NC4=O)CC3)CC2)CC1. The zero-order chi connectivity index (χ0) is 43.8. The lowest BCUT2D eigenvalue weighted by Crippen LogP contribution is -2.52. The van der Waals surface area contributed by atoms with Crippen LogP contribution in [-0.4, -0.2) is 119 Å². The van der Waals surface area contributed by atoms with Crippen LogP contribution < -0.4 is 11.1 Å². The minimum Gasteiger partial charge on any atom is -0.466 e. The second-order valence-electron chi connectivity index (χ2n) is 17.7. The molecule has 1 aromatic heterocycles. The van der Waals surface area contributed by atoms with Crippen molar-refractivity contribution < 1.29 is 37.9 Å². The fourth-order valence-electron chi connectivity index (χ4n) is 9.96. The molecule has 0 unspecified atom stereocenters. The average Bonchev–Trinajstić information content (AvgIpc) is 3.46. The third-order valence-electron chi connectivity index (χ3n) is 13.6. The summed E-state index contributed by atoms with van der Waals surface area (Å²) in [6.07, 6.45) is 8.22. The Hall–Kier alpha value is -5.34. The third kappa shape index (κ3) is 10.8. The number of amides is 5. The van der Waals surface area contributed by atoms with Crippen LogP contribution in [-0.2, 0) is 43.7 Å². The second-order valence-corrected chi connectivity index (χ2v) is 17.7. The Morgan fingerprint density at radius 3 is 2.21 bits per heavy atom. The van der Waals surface area contributed by atoms with E-state index >= 15 is 0 Å². The number of oxazole rings is 1. The number of urea groups is 1. The number of fused-ring (bicyclic) bond motifs is 2. The molecule has 15 nitrogen and oxygen atoms in total. The number of rotatable bonds is 14. The molecule has 3 saturated heterocycles. The lowest BCUT2D eigenvalue weighted by Gasteiger charge is -2.41. The summed E-state index contributed by atoms with van der Waals surface area (Å²) in [6, 6.07) is 11.3. The van der Waals surface area contributed by atoms with Gasteiger partial charge in [-0.25, -0.2) is 14.4 Å². The number of benzene rings is 2. The quantitative estimate of drug-likeness (QED) is 0.142. The molecule has 62 heavy (non-hydrogen) atoms. The maximum atomic E-state index is 14.4. The van der Waals surface area contributed by atoms with Crippen molar-refractivity contribution in [3.05, 3.63) is 63.6 Å². The number of nitrogens with zero attached hydrogens (tertiary/aromatic N) is 5. The number of hydrogen-bond donors (Lipinski definition) is 1. The Bertz CT molecular complexity index is 2120. The van der Waals surface area contributed by atoms with Crippen molar-refractivity contribution >= 4 is 46.7 Å². The van der Waals surface area contributed by atoms with Gasteiger partial charge in [0.05, 0.1) is 18.5 Å². The van der Waals surface area contributed by atoms with Crippen molar-refractivity contribution in [1.29, 1.82) is 0 Å². The molecule has 3 aromatic rings. The summed E-state index contributed by atoms with van der Waals surface area (Å²) in [7, 11) is 1.65. The normalized spacial score (nSPS) is 18.6. The Balaban J connectivity index is 0.926. The molecule has 3 fully saturated rings. The van der Waals surface area contributed by atoms with E-state index in [2.05, 4.69) is 12.2 Å². The van der Waals surface area contributed by atoms with Gasteiger partial charge in [0.1, 0.15) is 0 Å². The van der Waals surface area contributed by atoms with Gasteiger partial charge in [-0.2, -0.15) is 0 Å². The molecule has 336 valence electrons. The molecule has 2 aromatic carbocycles. The summed E-state index contributed by atoms with van der Waals surface area (Å²) in [5.74, 6) is -0.192. The van der Waals surface area contributed by atoms with Crippen LogP contribution in [0.25, 0.3) is 11.1 Å². The third-order valence-corrected chi connectivity index (χ3v) is 13.6. The highest BCUT2D eigenvalue weighted by Gasteiger charge is 2.37. The number of hydrogen-bond acceptors (Lipinski definition) is 9. The maximum Gasteiger partial charge on any atom is 0.419 e. The van der Waals surface area contributed by atoms with Gasteiger partial charge >= 0.3 is 23.8 Å². The van der Waals surface area contributed by atoms with Crippen LogP contribution in [0.4, 0.5) is 15.3 Å². The summed E-state index contributed by atoms with van der Waals surface area (Å²) in [6.45, 7) is 8.21. The molecule has 15 heteroatoms. The average molecular weight is 857 g/mol. The summed E-state index contributed by atoms with van der Waals surface area (Å²) < 4.78 is 18.4. The largest absolute Gasteiger partial charge is 0.466 e. The van der Waals surface area contributed by atoms with E-state index in [-0.39, 0.29) is 49.1 Å². The highest BCUT2D eigenvalue weighted by molar-refractivity contribution is 5.91. The van der Waals surface area contributed by atoms with E-state index in [1.807, 2.05) is 52.0 Å². The number of aryl methyl sites for hydroxylation is 2. The first kappa shape index (κ1) is 44.7. The standard InChI is InChI=1S/C47H64N6O9/c1-4-5-6-9-28-60-42(55)13-12-41(54)50-21-14-34(15-22-50)35-16-23-51(24-17-35)44(56)40(31-33-29-32(2)43-39(30-33)61-46(58)49(43)3)62-47(59)52-25-19-37(20-26-52)53-27-18-36-10-7-8-11-38(36)48-45(53)57/h7-8,10-11,29-30,34-35,37,40H,4-6,9,12-28,31H2,1-3H3,(H,48,57)/t40-/m1/s1. The number of esters is 1. The van der Waals surface area contributed by atoms with E-state index in [1.54, 1.807) is 18.0 Å². The minimum atomic E-state index is -1.09. The molecule has 1 N–H and O–H groups in total. The highest BCUT2D eigenvalue weighted by atomic mass is 16.6. The minimum absolute atomic E-state index is 0.00310. The Morgan fingerprint density at radius 2 is 1.50 bits per heavy atom. The molecule has 5 heterocycles. The van der Waals surface area contributed by atoms with E-state index in [4.69, 9.17) is 13.9 Å². The number of aromatic nitrogens is 1. The van der Waals surface area contributed by atoms with Gasteiger partial charge in [-0.05, 0) is 98.9 Å². The van der Waals surface area contributed by atoms with Gasteiger partial charge in [0.15, 0.2) is 11.7 Å². The van der Waals surface area contributed by atoms with E-state index in [0.29, 0.717) is 88.2 Å². The van der Waals surface area contributed by atoms with Gasteiger partial charge in [0.2, 0.25) is 5.91 Å². The van der Waals surface area contributed by atoms with Crippen molar-refractivity contribution in [2.24, 2.45) is 18.9 Å². The molecule has 0 saturated carbocycles. The lowest BCUT2D eigenvalue weighted by atomic mass is 9.78. The van der Waals surface area contributed by atoms with Crippen molar-refractivity contribution in [2.75, 3.05) is 57.7 Å². The molecule has 5 amide bonds. The number of anilines is 1. The van der Waals surface area contributed by atoms with Crippen LogP contribution in [0.2, 0.25) is 0 Å². The van der Waals surface area contributed by atoms with E-state index < -0.39 is 18.0 Å². The van der Waals surface area contributed by atoms with Gasteiger partial charge in [0.25, 0.3) is 5.91 Å². The molecular weight excluding hydrogens is 793 g/mol. The van der Waals surface area contributed by atoms with Gasteiger partial charge in [-0.15, -0.1) is 0 Å². The van der Waals surface area contributed by atoms with Gasteiger partial charge < -0.3 is 38.8 Å². The Kier molecular flexibility index (Phi) is 14.9. The van der Waals surface area contributed by atoms with Gasteiger partial charge in [-0.1, -0.05) is 50.5 Å². The van der Waals surface area contributed by atoms with E-state index in [1.165, 1.54) is 4.57 Å². The number of unbranched alkanes of at least 4 members (excludes halogenated alkanes) is 3. The predicted molar refractivity (Wildman–Crippen MR) is 234 cm³/mol.